The predicted molar refractivity (Wildman–Crippen MR) is 160 cm³/mol. The number of hydrogen-bond acceptors (Lipinski definition) is 10. The minimum atomic E-state index is -0.896. The Bertz CT molecular complexity index is 1050. The lowest BCUT2D eigenvalue weighted by Gasteiger charge is -2.19. The summed E-state index contributed by atoms with van der Waals surface area (Å²) < 4.78 is 12.2. The molecule has 0 aliphatic heterocycles. The highest BCUT2D eigenvalue weighted by molar-refractivity contribution is 5.74. The van der Waals surface area contributed by atoms with Gasteiger partial charge in [-0.3, -0.25) is 0 Å². The zero-order valence-electron chi connectivity index (χ0n) is 24.7. The first-order chi connectivity index (χ1) is 20.3. The molecule has 0 saturated heterocycles. The molecule has 3 unspecified atom stereocenters. The molecule has 0 amide bonds. The van der Waals surface area contributed by atoms with Crippen molar-refractivity contribution in [3.05, 3.63) is 47.5 Å². The van der Waals surface area contributed by atoms with E-state index in [1.165, 1.54) is 0 Å². The SMILES string of the molecule is Cc1c(OCCCNC2C[C@H](CO)[C@@H](O)C2O)cccc1-c1cccc(OCCCNC2C[C@H](CO)[C@@H](O)[C@H]2O)c1C. The van der Waals surface area contributed by atoms with Crippen molar-refractivity contribution in [3.63, 3.8) is 0 Å². The van der Waals surface area contributed by atoms with Gasteiger partial charge in [0.15, 0.2) is 0 Å². The van der Waals surface area contributed by atoms with Gasteiger partial charge in [-0.15, -0.1) is 0 Å². The van der Waals surface area contributed by atoms with Crippen LogP contribution in [0.2, 0.25) is 0 Å². The van der Waals surface area contributed by atoms with Crippen molar-refractivity contribution in [2.24, 2.45) is 11.8 Å². The second-order valence-electron chi connectivity index (χ2n) is 11.7. The monoisotopic (exact) mass is 588 g/mol. The maximum absolute atomic E-state index is 10.2. The summed E-state index contributed by atoms with van der Waals surface area (Å²) in [5, 5.41) is 65.6. The molecule has 42 heavy (non-hydrogen) atoms. The lowest BCUT2D eigenvalue weighted by molar-refractivity contribution is -0.000253. The van der Waals surface area contributed by atoms with E-state index in [4.69, 9.17) is 9.47 Å². The molecule has 0 aromatic heterocycles. The molecule has 2 fully saturated rings. The van der Waals surface area contributed by atoms with Crippen LogP contribution in [0, 0.1) is 25.7 Å². The Balaban J connectivity index is 1.25. The van der Waals surface area contributed by atoms with E-state index in [1.807, 2.05) is 38.1 Å². The topological polar surface area (TPSA) is 164 Å². The maximum atomic E-state index is 10.2. The fourth-order valence-corrected chi connectivity index (χ4v) is 6.23. The summed E-state index contributed by atoms with van der Waals surface area (Å²) in [5.74, 6) is 1.03. The number of rotatable bonds is 15. The van der Waals surface area contributed by atoms with Crippen LogP contribution in [0.15, 0.2) is 36.4 Å². The van der Waals surface area contributed by atoms with E-state index < -0.39 is 24.4 Å². The average molecular weight is 589 g/mol. The van der Waals surface area contributed by atoms with E-state index in [9.17, 15) is 30.6 Å². The van der Waals surface area contributed by atoms with Crippen LogP contribution in [-0.2, 0) is 0 Å². The Morgan fingerprint density at radius 3 is 1.40 bits per heavy atom. The molecule has 2 aromatic carbocycles. The molecular weight excluding hydrogens is 540 g/mol. The van der Waals surface area contributed by atoms with Gasteiger partial charge in [0.05, 0.1) is 37.6 Å². The van der Waals surface area contributed by atoms with Gasteiger partial charge < -0.3 is 50.7 Å². The highest BCUT2D eigenvalue weighted by atomic mass is 16.5. The van der Waals surface area contributed by atoms with Crippen LogP contribution in [0.5, 0.6) is 11.5 Å². The molecule has 0 radical (unpaired) electrons. The first kappa shape index (κ1) is 32.6. The molecule has 0 spiro atoms. The van der Waals surface area contributed by atoms with Crippen molar-refractivity contribution >= 4 is 0 Å². The summed E-state index contributed by atoms with van der Waals surface area (Å²) in [7, 11) is 0. The molecule has 0 bridgehead atoms. The van der Waals surface area contributed by atoms with E-state index in [-0.39, 0.29) is 37.1 Å². The molecule has 8 atom stereocenters. The fraction of sp³-hybridized carbons (Fsp3) is 0.625. The van der Waals surface area contributed by atoms with Gasteiger partial charge in [0.2, 0.25) is 0 Å². The first-order valence-corrected chi connectivity index (χ1v) is 15.1. The third kappa shape index (κ3) is 7.62. The lowest BCUT2D eigenvalue weighted by Crippen LogP contribution is -2.40. The standard InChI is InChI=1S/C32H48N2O8/c1-19-23(7-3-9-27(19)41-13-5-11-33-25-15-21(17-35)29(37)31(25)39)24-8-4-10-28(20(24)2)42-14-6-12-34-26-16-22(18-36)30(38)32(26)40/h3-4,7-10,21-22,25-26,29-40H,5-6,11-18H2,1-2H3/t21-,22-,25?,26?,29-,30-,31+,32?/m1/s1. The van der Waals surface area contributed by atoms with Gasteiger partial charge >= 0.3 is 0 Å². The maximum Gasteiger partial charge on any atom is 0.122 e. The molecule has 0 heterocycles. The Morgan fingerprint density at radius 1 is 0.643 bits per heavy atom. The van der Waals surface area contributed by atoms with Crippen molar-refractivity contribution in [1.82, 2.24) is 10.6 Å². The summed E-state index contributed by atoms with van der Waals surface area (Å²) in [5.41, 5.74) is 4.21. The van der Waals surface area contributed by atoms with Crippen LogP contribution in [0.25, 0.3) is 11.1 Å². The molecule has 2 aromatic rings. The zero-order valence-corrected chi connectivity index (χ0v) is 24.7. The fourth-order valence-electron chi connectivity index (χ4n) is 6.23. The first-order valence-electron chi connectivity index (χ1n) is 15.1. The quantitative estimate of drug-likeness (QED) is 0.140. The summed E-state index contributed by atoms with van der Waals surface area (Å²) in [4.78, 5) is 0. The van der Waals surface area contributed by atoms with Crippen LogP contribution >= 0.6 is 0 Å². The van der Waals surface area contributed by atoms with Gasteiger partial charge in [0.25, 0.3) is 0 Å². The molecule has 10 heteroatoms. The van der Waals surface area contributed by atoms with Crippen LogP contribution < -0.4 is 20.1 Å². The predicted octanol–water partition coefficient (Wildman–Crippen LogP) is 0.893. The van der Waals surface area contributed by atoms with Gasteiger partial charge in [-0.25, -0.2) is 0 Å². The van der Waals surface area contributed by atoms with Crippen LogP contribution in [0.3, 0.4) is 0 Å². The second-order valence-corrected chi connectivity index (χ2v) is 11.7. The minimum Gasteiger partial charge on any atom is -0.493 e. The van der Waals surface area contributed by atoms with E-state index >= 15 is 0 Å². The Morgan fingerprint density at radius 2 is 1.05 bits per heavy atom. The van der Waals surface area contributed by atoms with Gasteiger partial charge in [0, 0.05) is 37.1 Å². The third-order valence-electron chi connectivity index (χ3n) is 8.90. The Labute approximate surface area is 248 Å². The molecule has 10 nitrogen and oxygen atoms in total. The van der Waals surface area contributed by atoms with Crippen LogP contribution in [0.1, 0.15) is 36.8 Å². The Kier molecular flexibility index (Phi) is 12.0. The lowest BCUT2D eigenvalue weighted by atomic mass is 9.95. The molecule has 2 saturated carbocycles. The van der Waals surface area contributed by atoms with E-state index in [2.05, 4.69) is 22.8 Å². The number of ether oxygens (including phenoxy) is 2. The van der Waals surface area contributed by atoms with E-state index in [1.54, 1.807) is 0 Å². The largest absolute Gasteiger partial charge is 0.493 e. The minimum absolute atomic E-state index is 0.132. The Hall–Kier alpha value is -2.28. The zero-order chi connectivity index (χ0) is 30.2. The molecule has 234 valence electrons. The molecule has 4 rings (SSSR count). The highest BCUT2D eigenvalue weighted by Crippen LogP contribution is 2.35. The number of aliphatic hydroxyl groups excluding tert-OH is 6. The van der Waals surface area contributed by atoms with E-state index in [0.29, 0.717) is 39.1 Å². The molecule has 8 N–H and O–H groups in total. The second kappa shape index (κ2) is 15.4. The van der Waals surface area contributed by atoms with Gasteiger partial charge in [0.1, 0.15) is 11.5 Å². The van der Waals surface area contributed by atoms with Crippen molar-refractivity contribution in [2.75, 3.05) is 39.5 Å². The average Bonchev–Trinajstić information content (AvgIpc) is 3.43. The van der Waals surface area contributed by atoms with Gasteiger partial charge in [-0.05, 0) is 87.0 Å². The third-order valence-corrected chi connectivity index (χ3v) is 8.90. The summed E-state index contributed by atoms with van der Waals surface area (Å²) in [6.45, 7) is 6.09. The summed E-state index contributed by atoms with van der Waals surface area (Å²) in [6.07, 6.45) is -0.994. The van der Waals surface area contributed by atoms with E-state index in [0.717, 1.165) is 46.6 Å². The number of hydrogen-bond donors (Lipinski definition) is 8. The normalized spacial score (nSPS) is 29.2. The number of nitrogens with one attached hydrogen (secondary N) is 2. The highest BCUT2D eigenvalue weighted by Gasteiger charge is 2.41. The van der Waals surface area contributed by atoms with Gasteiger partial charge in [-0.2, -0.15) is 0 Å². The van der Waals surface area contributed by atoms with Crippen molar-refractivity contribution < 1.29 is 40.1 Å². The van der Waals surface area contributed by atoms with Crippen LogP contribution in [0.4, 0.5) is 0 Å². The van der Waals surface area contributed by atoms with Gasteiger partial charge in [-0.1, -0.05) is 24.3 Å². The number of aliphatic hydroxyl groups is 6. The molecule has 2 aliphatic carbocycles. The molecular formula is C32H48N2O8. The summed E-state index contributed by atoms with van der Waals surface area (Å²) >= 11 is 0. The van der Waals surface area contributed by atoms with Crippen molar-refractivity contribution in [1.29, 1.82) is 0 Å². The number of benzene rings is 2. The smallest absolute Gasteiger partial charge is 0.122 e. The van der Waals surface area contributed by atoms with Crippen molar-refractivity contribution in [2.45, 2.75) is 76.0 Å². The van der Waals surface area contributed by atoms with Crippen LogP contribution in [-0.4, -0.2) is 107 Å². The summed E-state index contributed by atoms with van der Waals surface area (Å²) in [6, 6.07) is 11.6. The molecule has 2 aliphatic rings. The van der Waals surface area contributed by atoms with Crippen molar-refractivity contribution in [3.8, 4) is 22.6 Å².